The number of allylic oxidation sites excluding steroid dienone is 2. The third-order valence-electron chi connectivity index (χ3n) is 5.02. The van der Waals surface area contributed by atoms with Gasteiger partial charge in [-0.15, -0.1) is 11.3 Å². The maximum absolute atomic E-state index is 12.8. The second-order valence-corrected chi connectivity index (χ2v) is 7.94. The molecule has 0 saturated carbocycles. The van der Waals surface area contributed by atoms with Crippen LogP contribution in [0.1, 0.15) is 54.4 Å². The molecule has 1 aliphatic carbocycles. The van der Waals surface area contributed by atoms with E-state index in [2.05, 4.69) is 5.32 Å². The van der Waals surface area contributed by atoms with Gasteiger partial charge in [0.15, 0.2) is 0 Å². The van der Waals surface area contributed by atoms with Crippen LogP contribution in [0, 0.1) is 25.7 Å². The highest BCUT2D eigenvalue weighted by molar-refractivity contribution is 7.16. The Labute approximate surface area is 157 Å². The van der Waals surface area contributed by atoms with Gasteiger partial charge in [-0.1, -0.05) is 11.1 Å². The van der Waals surface area contributed by atoms with Crippen LogP contribution in [0.15, 0.2) is 11.1 Å². The van der Waals surface area contributed by atoms with Gasteiger partial charge in [-0.3, -0.25) is 9.59 Å². The fourth-order valence-corrected chi connectivity index (χ4v) is 4.25. The summed E-state index contributed by atoms with van der Waals surface area (Å²) in [5, 5.41) is 12.7. The van der Waals surface area contributed by atoms with E-state index in [0.29, 0.717) is 23.4 Å². The molecule has 0 aromatic carbocycles. The van der Waals surface area contributed by atoms with Gasteiger partial charge in [0.25, 0.3) is 0 Å². The summed E-state index contributed by atoms with van der Waals surface area (Å²) in [5.41, 5.74) is 3.20. The fraction of sp³-hybridized carbons (Fsp3) is 0.526. The number of ether oxygens (including phenoxy) is 1. The topological polar surface area (TPSA) is 92.7 Å². The summed E-state index contributed by atoms with van der Waals surface area (Å²) >= 11 is 1.31. The standard InChI is InChI=1S/C19H25NO5S/c1-6-25-19(24)15-11(4)12(5)26-17(15)20-16(21)13-7-9(2)10(3)8-14(13)18(22)23/h13-14H,6-8H2,1-5H3,(H,20,21)(H,22,23)/t13-,14+/m1/s1. The summed E-state index contributed by atoms with van der Waals surface area (Å²) in [7, 11) is 0. The summed E-state index contributed by atoms with van der Waals surface area (Å²) < 4.78 is 5.10. The van der Waals surface area contributed by atoms with Crippen molar-refractivity contribution in [3.8, 4) is 0 Å². The van der Waals surface area contributed by atoms with Crippen molar-refractivity contribution in [2.75, 3.05) is 11.9 Å². The molecular formula is C19H25NO5S. The van der Waals surface area contributed by atoms with Crippen LogP contribution in [0.4, 0.5) is 5.00 Å². The summed E-state index contributed by atoms with van der Waals surface area (Å²) in [6.45, 7) is 9.48. The third-order valence-corrected chi connectivity index (χ3v) is 6.14. The molecule has 26 heavy (non-hydrogen) atoms. The number of rotatable bonds is 5. The van der Waals surface area contributed by atoms with E-state index in [1.54, 1.807) is 6.92 Å². The molecule has 7 heteroatoms. The van der Waals surface area contributed by atoms with Crippen LogP contribution in [0.5, 0.6) is 0 Å². The van der Waals surface area contributed by atoms with Gasteiger partial charge < -0.3 is 15.2 Å². The molecule has 0 unspecified atom stereocenters. The zero-order chi connectivity index (χ0) is 19.6. The van der Waals surface area contributed by atoms with E-state index in [4.69, 9.17) is 4.74 Å². The van der Waals surface area contributed by atoms with E-state index >= 15 is 0 Å². The van der Waals surface area contributed by atoms with E-state index in [9.17, 15) is 19.5 Å². The second kappa shape index (κ2) is 8.03. The molecule has 0 fully saturated rings. The summed E-state index contributed by atoms with van der Waals surface area (Å²) in [5.74, 6) is -3.23. The fourth-order valence-electron chi connectivity index (χ4n) is 3.20. The van der Waals surface area contributed by atoms with Gasteiger partial charge in [0.1, 0.15) is 5.00 Å². The highest BCUT2D eigenvalue weighted by Crippen LogP contribution is 2.37. The molecule has 0 radical (unpaired) electrons. The van der Waals surface area contributed by atoms with E-state index in [0.717, 1.165) is 21.6 Å². The number of aliphatic carboxylic acids is 1. The summed E-state index contributed by atoms with van der Waals surface area (Å²) in [6.07, 6.45) is 0.777. The number of nitrogens with one attached hydrogen (secondary N) is 1. The van der Waals surface area contributed by atoms with Crippen LogP contribution in [0.25, 0.3) is 0 Å². The number of anilines is 1. The van der Waals surface area contributed by atoms with Crippen LogP contribution in [-0.4, -0.2) is 29.6 Å². The first-order valence-electron chi connectivity index (χ1n) is 8.63. The lowest BCUT2D eigenvalue weighted by Crippen LogP contribution is -2.36. The van der Waals surface area contributed by atoms with E-state index in [1.165, 1.54) is 11.3 Å². The van der Waals surface area contributed by atoms with Crippen LogP contribution in [0.2, 0.25) is 0 Å². The van der Waals surface area contributed by atoms with Crippen molar-refractivity contribution in [3.63, 3.8) is 0 Å². The number of carbonyl (C=O) groups is 3. The van der Waals surface area contributed by atoms with E-state index in [1.807, 2.05) is 27.7 Å². The van der Waals surface area contributed by atoms with Crippen molar-refractivity contribution < 1.29 is 24.2 Å². The molecular weight excluding hydrogens is 354 g/mol. The maximum atomic E-state index is 12.8. The molecule has 142 valence electrons. The van der Waals surface area contributed by atoms with Crippen LogP contribution >= 0.6 is 11.3 Å². The normalized spacial score (nSPS) is 20.0. The Morgan fingerprint density at radius 3 is 2.23 bits per heavy atom. The smallest absolute Gasteiger partial charge is 0.341 e. The minimum atomic E-state index is -0.971. The highest BCUT2D eigenvalue weighted by atomic mass is 32.1. The van der Waals surface area contributed by atoms with Gasteiger partial charge in [0.2, 0.25) is 5.91 Å². The van der Waals surface area contributed by atoms with Crippen molar-refractivity contribution in [1.82, 2.24) is 0 Å². The first-order valence-corrected chi connectivity index (χ1v) is 9.44. The molecule has 2 atom stereocenters. The Morgan fingerprint density at radius 2 is 1.69 bits per heavy atom. The molecule has 1 aromatic rings. The number of aryl methyl sites for hydroxylation is 1. The van der Waals surface area contributed by atoms with Gasteiger partial charge in [0.05, 0.1) is 24.0 Å². The Kier molecular flexibility index (Phi) is 6.23. The molecule has 1 heterocycles. The number of amides is 1. The van der Waals surface area contributed by atoms with Crippen molar-refractivity contribution in [1.29, 1.82) is 0 Å². The second-order valence-electron chi connectivity index (χ2n) is 6.72. The first kappa shape index (κ1) is 20.2. The Bertz CT molecular complexity index is 777. The number of esters is 1. The molecule has 0 saturated heterocycles. The van der Waals surface area contributed by atoms with E-state index < -0.39 is 23.8 Å². The number of carbonyl (C=O) groups excluding carboxylic acids is 2. The average molecular weight is 379 g/mol. The minimum absolute atomic E-state index is 0.244. The summed E-state index contributed by atoms with van der Waals surface area (Å²) in [6, 6.07) is 0. The molecule has 2 N–H and O–H groups in total. The molecule has 1 aliphatic rings. The molecule has 0 spiro atoms. The van der Waals surface area contributed by atoms with Crippen molar-refractivity contribution >= 4 is 34.2 Å². The number of carboxylic acid groups (broad SMARTS) is 1. The Morgan fingerprint density at radius 1 is 1.12 bits per heavy atom. The zero-order valence-corrected chi connectivity index (χ0v) is 16.6. The number of thiophene rings is 1. The third kappa shape index (κ3) is 3.98. The predicted octanol–water partition coefficient (Wildman–Crippen LogP) is 3.93. The van der Waals surface area contributed by atoms with Crippen LogP contribution in [0.3, 0.4) is 0 Å². The molecule has 0 bridgehead atoms. The largest absolute Gasteiger partial charge is 0.481 e. The van der Waals surface area contributed by atoms with Crippen molar-refractivity contribution in [2.45, 2.75) is 47.5 Å². The van der Waals surface area contributed by atoms with Crippen molar-refractivity contribution in [2.24, 2.45) is 11.8 Å². The van der Waals surface area contributed by atoms with Crippen LogP contribution in [-0.2, 0) is 14.3 Å². The SMILES string of the molecule is CCOC(=O)c1c(NC(=O)[C@@H]2CC(C)=C(C)C[C@@H]2C(=O)O)sc(C)c1C. The number of carboxylic acids is 1. The zero-order valence-electron chi connectivity index (χ0n) is 15.8. The Balaban J connectivity index is 2.31. The van der Waals surface area contributed by atoms with Crippen molar-refractivity contribution in [3.05, 3.63) is 27.2 Å². The molecule has 1 aromatic heterocycles. The molecule has 1 amide bonds. The first-order chi connectivity index (χ1) is 12.2. The molecule has 0 aliphatic heterocycles. The van der Waals surface area contributed by atoms with Gasteiger partial charge in [-0.25, -0.2) is 4.79 Å². The quantitative estimate of drug-likeness (QED) is 0.597. The number of hydrogen-bond donors (Lipinski definition) is 2. The Hall–Kier alpha value is -2.15. The van der Waals surface area contributed by atoms with Gasteiger partial charge >= 0.3 is 11.9 Å². The lowest BCUT2D eigenvalue weighted by atomic mass is 9.76. The predicted molar refractivity (Wildman–Crippen MR) is 101 cm³/mol. The lowest BCUT2D eigenvalue weighted by molar-refractivity contribution is -0.146. The lowest BCUT2D eigenvalue weighted by Gasteiger charge is -2.29. The van der Waals surface area contributed by atoms with Gasteiger partial charge in [0, 0.05) is 4.88 Å². The molecule has 2 rings (SSSR count). The summed E-state index contributed by atoms with van der Waals surface area (Å²) in [4.78, 5) is 37.6. The van der Waals surface area contributed by atoms with Gasteiger partial charge in [-0.2, -0.15) is 0 Å². The minimum Gasteiger partial charge on any atom is -0.481 e. The average Bonchev–Trinajstić information content (AvgIpc) is 2.83. The maximum Gasteiger partial charge on any atom is 0.341 e. The monoisotopic (exact) mass is 379 g/mol. The van der Waals surface area contributed by atoms with Crippen LogP contribution < -0.4 is 5.32 Å². The number of hydrogen-bond acceptors (Lipinski definition) is 5. The molecule has 6 nitrogen and oxygen atoms in total. The van der Waals surface area contributed by atoms with Gasteiger partial charge in [-0.05, 0) is 53.0 Å². The highest BCUT2D eigenvalue weighted by Gasteiger charge is 2.38. The van der Waals surface area contributed by atoms with E-state index in [-0.39, 0.29) is 12.5 Å².